The van der Waals surface area contributed by atoms with Gasteiger partial charge in [-0.2, -0.15) is 0 Å². The summed E-state index contributed by atoms with van der Waals surface area (Å²) >= 11 is 0. The summed E-state index contributed by atoms with van der Waals surface area (Å²) in [7, 11) is 0. The molecule has 1 fully saturated rings. The van der Waals surface area contributed by atoms with Crippen molar-refractivity contribution in [1.82, 2.24) is 0 Å². The minimum Gasteiger partial charge on any atom is -0.434 e. The molecule has 0 aromatic carbocycles. The van der Waals surface area contributed by atoms with E-state index in [0.29, 0.717) is 0 Å². The molecule has 0 radical (unpaired) electrons. The second-order valence-electron chi connectivity index (χ2n) is 3.15. The van der Waals surface area contributed by atoms with Crippen LogP contribution in [0.2, 0.25) is 0 Å². The van der Waals surface area contributed by atoms with Crippen LogP contribution in [0.15, 0.2) is 0 Å². The van der Waals surface area contributed by atoms with Crippen LogP contribution in [0, 0.1) is 0 Å². The minimum absolute atomic E-state index is 0.175. The topological polar surface area (TPSA) is 117 Å². The van der Waals surface area contributed by atoms with Crippen molar-refractivity contribution in [2.24, 2.45) is 0 Å². The van der Waals surface area contributed by atoms with Crippen LogP contribution in [-0.4, -0.2) is 58.3 Å². The highest BCUT2D eigenvalue weighted by Gasteiger charge is 2.41. The average molecular weight is 220 g/mol. The van der Waals surface area contributed by atoms with Crippen molar-refractivity contribution in [3.8, 4) is 0 Å². The van der Waals surface area contributed by atoms with Gasteiger partial charge in [-0.3, -0.25) is 4.79 Å². The number of carbonyl (C=O) groups excluding carboxylic acids is 2. The molecule has 1 rings (SSSR count). The van der Waals surface area contributed by atoms with Gasteiger partial charge in [-0.15, -0.1) is 0 Å². The van der Waals surface area contributed by atoms with Gasteiger partial charge in [-0.1, -0.05) is 0 Å². The van der Waals surface area contributed by atoms with E-state index in [1.807, 2.05) is 0 Å². The van der Waals surface area contributed by atoms with E-state index in [9.17, 15) is 19.8 Å². The first-order valence-electron chi connectivity index (χ1n) is 4.33. The van der Waals surface area contributed by atoms with Gasteiger partial charge in [0.05, 0.1) is 6.61 Å². The maximum Gasteiger partial charge on any atom is 0.340 e. The Kier molecular flexibility index (Phi) is 3.75. The van der Waals surface area contributed by atoms with Crippen LogP contribution < -0.4 is 0 Å². The molecule has 0 bridgehead atoms. The number of aliphatic hydroxyl groups is 3. The van der Waals surface area contributed by atoms with Gasteiger partial charge in [0.15, 0.2) is 24.3 Å². The normalized spacial score (nSPS) is 25.2. The van der Waals surface area contributed by atoms with E-state index in [4.69, 9.17) is 5.11 Å². The molecule has 1 aliphatic rings. The number of epoxide rings is 1. The molecule has 0 amide bonds. The zero-order valence-electron chi connectivity index (χ0n) is 7.99. The Morgan fingerprint density at radius 2 is 1.87 bits per heavy atom. The van der Waals surface area contributed by atoms with Crippen molar-refractivity contribution >= 4 is 11.8 Å². The Bertz CT molecular complexity index is 258. The highest BCUT2D eigenvalue weighted by Crippen LogP contribution is 2.14. The third-order valence-corrected chi connectivity index (χ3v) is 1.77. The number of aliphatic hydroxyl groups excluding tert-OH is 3. The van der Waals surface area contributed by atoms with Crippen LogP contribution in [0.3, 0.4) is 0 Å². The summed E-state index contributed by atoms with van der Waals surface area (Å²) < 4.78 is 8.78. The number of ether oxygens (including phenoxy) is 2. The zero-order chi connectivity index (χ0) is 11.6. The lowest BCUT2D eigenvalue weighted by Gasteiger charge is -2.15. The maximum atomic E-state index is 11.1. The molecule has 15 heavy (non-hydrogen) atoms. The fourth-order valence-electron chi connectivity index (χ4n) is 0.925. The summed E-state index contributed by atoms with van der Waals surface area (Å²) in [6.07, 6.45) is -6.05. The molecule has 0 spiro atoms. The predicted octanol–water partition coefficient (Wildman–Crippen LogP) is -2.44. The third-order valence-electron chi connectivity index (χ3n) is 1.77. The lowest BCUT2D eigenvalue weighted by molar-refractivity contribution is -0.181. The second-order valence-corrected chi connectivity index (χ2v) is 3.15. The summed E-state index contributed by atoms with van der Waals surface area (Å²) in [6.45, 7) is 1.33. The Morgan fingerprint density at radius 3 is 2.27 bits per heavy atom. The van der Waals surface area contributed by atoms with Gasteiger partial charge < -0.3 is 24.8 Å². The van der Waals surface area contributed by atoms with E-state index in [-0.39, 0.29) is 6.61 Å². The molecule has 7 heteroatoms. The van der Waals surface area contributed by atoms with Crippen molar-refractivity contribution in [3.63, 3.8) is 0 Å². The van der Waals surface area contributed by atoms with Crippen molar-refractivity contribution in [1.29, 1.82) is 0 Å². The smallest absolute Gasteiger partial charge is 0.340 e. The molecule has 1 heterocycles. The predicted molar refractivity (Wildman–Crippen MR) is 44.5 cm³/mol. The van der Waals surface area contributed by atoms with E-state index >= 15 is 0 Å². The molecule has 4 unspecified atom stereocenters. The Morgan fingerprint density at radius 1 is 1.33 bits per heavy atom. The molecule has 0 saturated carbocycles. The minimum atomic E-state index is -2.00. The van der Waals surface area contributed by atoms with Crippen LogP contribution in [0.5, 0.6) is 0 Å². The molecule has 86 valence electrons. The first kappa shape index (κ1) is 12.1. The van der Waals surface area contributed by atoms with Gasteiger partial charge in [0, 0.05) is 0 Å². The van der Waals surface area contributed by atoms with Gasteiger partial charge in [0.2, 0.25) is 0 Å². The fraction of sp³-hybridized carbons (Fsp3) is 0.750. The molecule has 3 N–H and O–H groups in total. The quantitative estimate of drug-likeness (QED) is 0.267. The number of rotatable bonds is 5. The van der Waals surface area contributed by atoms with Crippen LogP contribution in [-0.2, 0) is 19.1 Å². The molecule has 1 aliphatic heterocycles. The number of ketones is 1. The Hall–Kier alpha value is -1.02. The summed E-state index contributed by atoms with van der Waals surface area (Å²) in [4.78, 5) is 22.1. The zero-order valence-corrected chi connectivity index (χ0v) is 7.99. The van der Waals surface area contributed by atoms with Gasteiger partial charge in [-0.25, -0.2) is 4.79 Å². The molecular formula is C8H12O7. The van der Waals surface area contributed by atoms with Gasteiger partial charge in [0.1, 0.15) is 6.10 Å². The fourth-order valence-corrected chi connectivity index (χ4v) is 0.925. The molecule has 1 saturated heterocycles. The number of carbonyl (C=O) groups is 2. The monoisotopic (exact) mass is 220 g/mol. The lowest BCUT2D eigenvalue weighted by atomic mass is 10.1. The van der Waals surface area contributed by atoms with Gasteiger partial charge >= 0.3 is 5.97 Å². The standard InChI is InChI=1S/C8H12O7/c1-3(9)15-8(13)7(12)6(11)5(10)4-2-14-4/h3-4,6-7,9,11-12H,2H2,1H3. The number of esters is 1. The van der Waals surface area contributed by atoms with Crippen molar-refractivity contribution in [2.75, 3.05) is 6.61 Å². The third kappa shape index (κ3) is 3.24. The van der Waals surface area contributed by atoms with Gasteiger partial charge in [0.25, 0.3) is 0 Å². The van der Waals surface area contributed by atoms with E-state index in [1.54, 1.807) is 0 Å². The number of hydrogen-bond acceptors (Lipinski definition) is 7. The van der Waals surface area contributed by atoms with E-state index in [2.05, 4.69) is 9.47 Å². The number of hydrogen-bond donors (Lipinski definition) is 3. The van der Waals surface area contributed by atoms with Crippen molar-refractivity contribution in [3.05, 3.63) is 0 Å². The van der Waals surface area contributed by atoms with E-state index in [0.717, 1.165) is 6.92 Å². The average Bonchev–Trinajstić information content (AvgIpc) is 2.96. The molecule has 0 aliphatic carbocycles. The maximum absolute atomic E-state index is 11.1. The summed E-state index contributed by atoms with van der Waals surface area (Å²) in [5, 5.41) is 27.1. The first-order valence-corrected chi connectivity index (χ1v) is 4.33. The molecular weight excluding hydrogens is 208 g/mol. The van der Waals surface area contributed by atoms with Crippen molar-refractivity contribution < 1.29 is 34.4 Å². The van der Waals surface area contributed by atoms with Crippen LogP contribution >= 0.6 is 0 Å². The molecule has 0 aromatic rings. The summed E-state index contributed by atoms with van der Waals surface area (Å²) in [5.41, 5.74) is 0. The molecule has 7 nitrogen and oxygen atoms in total. The van der Waals surface area contributed by atoms with Crippen LogP contribution in [0.1, 0.15) is 6.92 Å². The van der Waals surface area contributed by atoms with Crippen LogP contribution in [0.4, 0.5) is 0 Å². The Labute approximate surface area is 85.2 Å². The van der Waals surface area contributed by atoms with Crippen LogP contribution in [0.25, 0.3) is 0 Å². The molecule has 0 aromatic heterocycles. The van der Waals surface area contributed by atoms with E-state index in [1.165, 1.54) is 0 Å². The van der Waals surface area contributed by atoms with Gasteiger partial charge in [-0.05, 0) is 6.92 Å². The summed E-state index contributed by atoms with van der Waals surface area (Å²) in [5.74, 6) is -2.03. The van der Waals surface area contributed by atoms with E-state index < -0.39 is 36.4 Å². The first-order chi connectivity index (χ1) is 6.93. The largest absolute Gasteiger partial charge is 0.434 e. The highest BCUT2D eigenvalue weighted by atomic mass is 16.6. The highest BCUT2D eigenvalue weighted by molar-refractivity contribution is 5.93. The second kappa shape index (κ2) is 4.67. The number of Topliss-reactive ketones (excluding diaryl/α,β-unsaturated/α-hetero) is 1. The SMILES string of the molecule is CC(O)OC(=O)C(O)C(O)C(=O)C1CO1. The summed E-state index contributed by atoms with van der Waals surface area (Å²) in [6, 6.07) is 0. The molecule has 4 atom stereocenters. The van der Waals surface area contributed by atoms with Crippen molar-refractivity contribution in [2.45, 2.75) is 31.5 Å². The Balaban J connectivity index is 2.46. The lowest BCUT2D eigenvalue weighted by Crippen LogP contribution is -2.43.